The highest BCUT2D eigenvalue weighted by atomic mass is 19.1. The molecule has 1 aliphatic rings. The Bertz CT molecular complexity index is 738. The quantitative estimate of drug-likeness (QED) is 0.831. The van der Waals surface area contributed by atoms with E-state index in [0.717, 1.165) is 0 Å². The van der Waals surface area contributed by atoms with Crippen LogP contribution in [0.15, 0.2) is 24.5 Å². The molecule has 3 rings (SSSR count). The monoisotopic (exact) mass is 274 g/mol. The number of nitrogens with two attached hydrogens (primary N) is 1. The summed E-state index contributed by atoms with van der Waals surface area (Å²) in [4.78, 5) is 28.9. The Morgan fingerprint density at radius 2 is 2.20 bits per heavy atom. The maximum atomic E-state index is 14.0. The molecule has 0 aliphatic carbocycles. The second-order valence-corrected chi connectivity index (χ2v) is 4.57. The zero-order valence-electron chi connectivity index (χ0n) is 10.6. The molecule has 0 fully saturated rings. The average Bonchev–Trinajstić information content (AvgIpc) is 2.77. The van der Waals surface area contributed by atoms with Crippen LogP contribution in [0.3, 0.4) is 0 Å². The van der Waals surface area contributed by atoms with Gasteiger partial charge in [-0.2, -0.15) is 0 Å². The van der Waals surface area contributed by atoms with Crippen LogP contribution in [0.4, 0.5) is 4.39 Å². The minimum Gasteiger partial charge on any atom is -0.364 e. The molecule has 2 amide bonds. The number of halogens is 1. The molecule has 0 saturated carbocycles. The summed E-state index contributed by atoms with van der Waals surface area (Å²) in [6.07, 6.45) is 1.38. The maximum absolute atomic E-state index is 14.0. The van der Waals surface area contributed by atoms with E-state index in [1.165, 1.54) is 35.0 Å². The van der Waals surface area contributed by atoms with Gasteiger partial charge in [0.2, 0.25) is 0 Å². The summed E-state index contributed by atoms with van der Waals surface area (Å²) in [7, 11) is 1.53. The molecular weight excluding hydrogens is 263 g/mol. The molecule has 6 nitrogen and oxygen atoms in total. The first-order valence-electron chi connectivity index (χ1n) is 5.91. The summed E-state index contributed by atoms with van der Waals surface area (Å²) in [5.41, 5.74) is 6.14. The normalized spacial score (nSPS) is 13.7. The number of amides is 2. The topological polar surface area (TPSA) is 81.2 Å². The number of imidazole rings is 1. The number of hydrogen-bond donors (Lipinski definition) is 1. The van der Waals surface area contributed by atoms with E-state index in [2.05, 4.69) is 4.98 Å². The van der Waals surface area contributed by atoms with Crippen molar-refractivity contribution in [2.45, 2.75) is 6.54 Å². The van der Waals surface area contributed by atoms with Gasteiger partial charge in [0, 0.05) is 7.05 Å². The van der Waals surface area contributed by atoms with Crippen LogP contribution in [0, 0.1) is 5.82 Å². The van der Waals surface area contributed by atoms with Crippen LogP contribution in [0.2, 0.25) is 0 Å². The number of rotatable bonds is 1. The van der Waals surface area contributed by atoms with E-state index in [1.54, 1.807) is 6.07 Å². The van der Waals surface area contributed by atoms with E-state index in [1.807, 2.05) is 0 Å². The Morgan fingerprint density at radius 3 is 2.90 bits per heavy atom. The summed E-state index contributed by atoms with van der Waals surface area (Å²) < 4.78 is 15.5. The molecule has 1 aliphatic heterocycles. The molecule has 7 heteroatoms. The number of carbonyl (C=O) groups excluding carboxylic acids is 2. The van der Waals surface area contributed by atoms with Gasteiger partial charge in [-0.05, 0) is 12.1 Å². The molecule has 1 aromatic heterocycles. The van der Waals surface area contributed by atoms with E-state index in [9.17, 15) is 14.0 Å². The second-order valence-electron chi connectivity index (χ2n) is 4.57. The van der Waals surface area contributed by atoms with Crippen LogP contribution in [0.25, 0.3) is 5.69 Å². The first-order chi connectivity index (χ1) is 9.50. The molecule has 2 N–H and O–H groups in total. The smallest absolute Gasteiger partial charge is 0.269 e. The van der Waals surface area contributed by atoms with Crippen molar-refractivity contribution in [2.24, 2.45) is 5.73 Å². The predicted molar refractivity (Wildman–Crippen MR) is 67.8 cm³/mol. The fraction of sp³-hybridized carbons (Fsp3) is 0.154. The molecule has 0 atom stereocenters. The third-order valence-corrected chi connectivity index (χ3v) is 3.30. The van der Waals surface area contributed by atoms with Crippen LogP contribution in [-0.4, -0.2) is 33.3 Å². The van der Waals surface area contributed by atoms with E-state index < -0.39 is 17.6 Å². The van der Waals surface area contributed by atoms with Gasteiger partial charge in [-0.1, -0.05) is 6.07 Å². The number of fused-ring (bicyclic) bond motifs is 3. The lowest BCUT2D eigenvalue weighted by Gasteiger charge is -2.14. The van der Waals surface area contributed by atoms with E-state index in [-0.39, 0.29) is 17.8 Å². The van der Waals surface area contributed by atoms with Gasteiger partial charge in [-0.15, -0.1) is 0 Å². The van der Waals surface area contributed by atoms with Crippen molar-refractivity contribution in [3.05, 3.63) is 47.3 Å². The standard InChI is InChI=1S/C13H11FN4O2/c1-17-5-9-11(12(15)19)16-6-18(9)8-4-2-3-7(14)10(8)13(17)20/h2-4,6H,5H2,1H3,(H2,15,19). The molecule has 2 aromatic rings. The molecule has 1 aromatic carbocycles. The fourth-order valence-corrected chi connectivity index (χ4v) is 2.35. The molecule has 0 saturated heterocycles. The Labute approximate surface area is 113 Å². The lowest BCUT2D eigenvalue weighted by atomic mass is 10.1. The van der Waals surface area contributed by atoms with E-state index in [0.29, 0.717) is 11.4 Å². The molecule has 2 heterocycles. The predicted octanol–water partition coefficient (Wildman–Crippen LogP) is 0.696. The van der Waals surface area contributed by atoms with Gasteiger partial charge in [0.25, 0.3) is 11.8 Å². The van der Waals surface area contributed by atoms with E-state index in [4.69, 9.17) is 5.73 Å². The number of aromatic nitrogens is 2. The molecule has 102 valence electrons. The molecule has 0 radical (unpaired) electrons. The number of primary amides is 1. The van der Waals surface area contributed by atoms with Crippen LogP contribution in [-0.2, 0) is 6.54 Å². The Hall–Kier alpha value is -2.70. The van der Waals surface area contributed by atoms with Crippen molar-refractivity contribution >= 4 is 11.8 Å². The van der Waals surface area contributed by atoms with E-state index >= 15 is 0 Å². The van der Waals surface area contributed by atoms with Gasteiger partial charge in [-0.25, -0.2) is 9.37 Å². The number of benzene rings is 1. The Kier molecular flexibility index (Phi) is 2.56. The summed E-state index contributed by atoms with van der Waals surface area (Å²) in [6, 6.07) is 4.33. The molecule has 0 spiro atoms. The number of hydrogen-bond acceptors (Lipinski definition) is 3. The average molecular weight is 274 g/mol. The highest BCUT2D eigenvalue weighted by Gasteiger charge is 2.29. The summed E-state index contributed by atoms with van der Waals surface area (Å²) >= 11 is 0. The van der Waals surface area contributed by atoms with Crippen molar-refractivity contribution in [2.75, 3.05) is 7.05 Å². The van der Waals surface area contributed by atoms with Crippen molar-refractivity contribution in [3.63, 3.8) is 0 Å². The summed E-state index contributed by atoms with van der Waals surface area (Å²) in [5.74, 6) is -1.74. The second kappa shape index (κ2) is 4.16. The van der Waals surface area contributed by atoms with Gasteiger partial charge in [0.05, 0.1) is 23.5 Å². The largest absolute Gasteiger partial charge is 0.364 e. The highest BCUT2D eigenvalue weighted by molar-refractivity contribution is 5.99. The van der Waals surface area contributed by atoms with Gasteiger partial charge in [0.1, 0.15) is 12.1 Å². The minimum absolute atomic E-state index is 0.0397. The lowest BCUT2D eigenvalue weighted by Crippen LogP contribution is -2.27. The van der Waals surface area contributed by atoms with Crippen molar-refractivity contribution < 1.29 is 14.0 Å². The SMILES string of the molecule is CN1Cc2c(C(N)=O)ncn2-c2cccc(F)c2C1=O. The van der Waals surface area contributed by atoms with Crippen molar-refractivity contribution in [3.8, 4) is 5.69 Å². The molecule has 20 heavy (non-hydrogen) atoms. The lowest BCUT2D eigenvalue weighted by molar-refractivity contribution is 0.0781. The minimum atomic E-state index is -0.681. The highest BCUT2D eigenvalue weighted by Crippen LogP contribution is 2.27. The van der Waals surface area contributed by atoms with Gasteiger partial charge < -0.3 is 10.6 Å². The third kappa shape index (κ3) is 1.59. The van der Waals surface area contributed by atoms with Crippen LogP contribution in [0.1, 0.15) is 26.5 Å². The van der Waals surface area contributed by atoms with Gasteiger partial charge in [-0.3, -0.25) is 14.2 Å². The number of nitrogens with zero attached hydrogens (tertiary/aromatic N) is 3. The zero-order chi connectivity index (χ0) is 14.4. The summed E-state index contributed by atoms with van der Waals surface area (Å²) in [6.45, 7) is 0.130. The molecular formula is C13H11FN4O2. The number of carbonyl (C=O) groups is 2. The van der Waals surface area contributed by atoms with Crippen molar-refractivity contribution in [1.29, 1.82) is 0 Å². The zero-order valence-corrected chi connectivity index (χ0v) is 10.6. The third-order valence-electron chi connectivity index (χ3n) is 3.30. The van der Waals surface area contributed by atoms with Crippen LogP contribution < -0.4 is 5.73 Å². The summed E-state index contributed by atoms with van der Waals surface area (Å²) in [5, 5.41) is 0. The molecule has 0 unspecified atom stereocenters. The Balaban J connectivity index is 2.35. The first-order valence-corrected chi connectivity index (χ1v) is 5.91. The first kappa shape index (κ1) is 12.3. The van der Waals surface area contributed by atoms with Crippen LogP contribution >= 0.6 is 0 Å². The van der Waals surface area contributed by atoms with Crippen molar-refractivity contribution in [1.82, 2.24) is 14.5 Å². The van der Waals surface area contributed by atoms with Crippen LogP contribution in [0.5, 0.6) is 0 Å². The molecule has 0 bridgehead atoms. The van der Waals surface area contributed by atoms with Gasteiger partial charge in [0.15, 0.2) is 5.69 Å². The Morgan fingerprint density at radius 1 is 1.45 bits per heavy atom. The van der Waals surface area contributed by atoms with Gasteiger partial charge >= 0.3 is 0 Å². The fourth-order valence-electron chi connectivity index (χ4n) is 2.35. The maximum Gasteiger partial charge on any atom is 0.269 e.